The van der Waals surface area contributed by atoms with Crippen LogP contribution in [0.15, 0.2) is 42.1 Å². The maximum atomic E-state index is 11.4. The van der Waals surface area contributed by atoms with Gasteiger partial charge in [0.1, 0.15) is 0 Å². The Bertz CT molecular complexity index is 458. The number of alkyl halides is 1. The molecule has 4 heteroatoms. The Kier molecular flexibility index (Phi) is 5.02. The van der Waals surface area contributed by atoms with E-state index in [0.717, 1.165) is 30.4 Å². The van der Waals surface area contributed by atoms with Crippen LogP contribution in [0.3, 0.4) is 0 Å². The summed E-state index contributed by atoms with van der Waals surface area (Å²) in [7, 11) is 1.41. The van der Waals surface area contributed by atoms with Crippen LogP contribution in [-0.2, 0) is 16.1 Å². The third-order valence-corrected chi connectivity index (χ3v) is 4.15. The van der Waals surface area contributed by atoms with Crippen LogP contribution in [0.1, 0.15) is 18.4 Å². The molecule has 3 nitrogen and oxygen atoms in total. The largest absolute Gasteiger partial charge is 0.466 e. The first kappa shape index (κ1) is 14.1. The highest BCUT2D eigenvalue weighted by molar-refractivity contribution is 9.09. The van der Waals surface area contributed by atoms with Gasteiger partial charge in [-0.3, -0.25) is 0 Å². The highest BCUT2D eigenvalue weighted by Gasteiger charge is 2.27. The minimum atomic E-state index is -0.275. The van der Waals surface area contributed by atoms with Crippen molar-refractivity contribution in [2.75, 3.05) is 12.4 Å². The van der Waals surface area contributed by atoms with E-state index in [1.165, 1.54) is 12.7 Å². The molecule has 0 spiro atoms. The number of allylic oxidation sites excluding steroid dienone is 1. The van der Waals surface area contributed by atoms with Gasteiger partial charge in [0, 0.05) is 29.7 Å². The predicted octanol–water partition coefficient (Wildman–Crippen LogP) is 3.10. The number of likely N-dealkylation sites (tertiary alicyclic amines) is 1. The standard InChI is InChI=1S/C15H18BrNO2/c1-19-15(18)9-13-7-8-14(10-16)17(13)11-12-5-3-2-4-6-12/h2-6,9,14H,7-8,10-11H2,1H3/b13-9+/t14-/m0/s1. The summed E-state index contributed by atoms with van der Waals surface area (Å²) >= 11 is 3.56. The molecule has 102 valence electrons. The first-order valence-electron chi connectivity index (χ1n) is 6.39. The minimum Gasteiger partial charge on any atom is -0.466 e. The fourth-order valence-electron chi connectivity index (χ4n) is 2.37. The average molecular weight is 324 g/mol. The number of esters is 1. The number of carbonyl (C=O) groups excluding carboxylic acids is 1. The Hall–Kier alpha value is -1.29. The molecule has 1 saturated heterocycles. The zero-order valence-electron chi connectivity index (χ0n) is 11.0. The average Bonchev–Trinajstić information content (AvgIpc) is 2.82. The summed E-state index contributed by atoms with van der Waals surface area (Å²) in [4.78, 5) is 13.7. The monoisotopic (exact) mass is 323 g/mol. The number of hydrogen-bond acceptors (Lipinski definition) is 3. The van der Waals surface area contributed by atoms with Gasteiger partial charge in [0.2, 0.25) is 0 Å². The molecule has 0 aliphatic carbocycles. The first-order chi connectivity index (χ1) is 9.24. The third-order valence-electron chi connectivity index (χ3n) is 3.40. The van der Waals surface area contributed by atoms with Crippen molar-refractivity contribution in [3.05, 3.63) is 47.7 Å². The molecule has 1 atom stereocenters. The van der Waals surface area contributed by atoms with E-state index in [0.29, 0.717) is 6.04 Å². The summed E-state index contributed by atoms with van der Waals surface area (Å²) in [6.07, 6.45) is 3.62. The Labute approximate surface area is 122 Å². The van der Waals surface area contributed by atoms with E-state index >= 15 is 0 Å². The summed E-state index contributed by atoms with van der Waals surface area (Å²) in [5, 5.41) is 0.915. The number of nitrogens with zero attached hydrogens (tertiary/aromatic N) is 1. The van der Waals surface area contributed by atoms with E-state index in [1.54, 1.807) is 6.08 Å². The second-order valence-corrected chi connectivity index (χ2v) is 5.27. The molecule has 0 N–H and O–H groups in total. The SMILES string of the molecule is COC(=O)/C=C1\CC[C@@H](CBr)N1Cc1ccccc1. The smallest absolute Gasteiger partial charge is 0.332 e. The molecule has 0 radical (unpaired) electrons. The molecule has 0 unspecified atom stereocenters. The molecular weight excluding hydrogens is 306 g/mol. The van der Waals surface area contributed by atoms with Crippen LogP contribution in [-0.4, -0.2) is 29.4 Å². The van der Waals surface area contributed by atoms with Gasteiger partial charge in [-0.05, 0) is 18.4 Å². The van der Waals surface area contributed by atoms with E-state index in [9.17, 15) is 4.79 Å². The number of hydrogen-bond donors (Lipinski definition) is 0. The van der Waals surface area contributed by atoms with Crippen LogP contribution in [0, 0.1) is 0 Å². The highest BCUT2D eigenvalue weighted by atomic mass is 79.9. The van der Waals surface area contributed by atoms with Gasteiger partial charge >= 0.3 is 5.97 Å². The zero-order valence-corrected chi connectivity index (χ0v) is 12.6. The minimum absolute atomic E-state index is 0.275. The van der Waals surface area contributed by atoms with E-state index < -0.39 is 0 Å². The number of benzene rings is 1. The quantitative estimate of drug-likeness (QED) is 0.484. The van der Waals surface area contributed by atoms with E-state index in [2.05, 4.69) is 33.0 Å². The number of ether oxygens (including phenoxy) is 1. The van der Waals surface area contributed by atoms with Crippen molar-refractivity contribution in [3.63, 3.8) is 0 Å². The molecule has 1 heterocycles. The van der Waals surface area contributed by atoms with Gasteiger partial charge < -0.3 is 9.64 Å². The van der Waals surface area contributed by atoms with Crippen LogP contribution in [0.4, 0.5) is 0 Å². The molecule has 1 aliphatic rings. The number of carbonyl (C=O) groups is 1. The van der Waals surface area contributed by atoms with Crippen molar-refractivity contribution in [2.24, 2.45) is 0 Å². The summed E-state index contributed by atoms with van der Waals surface area (Å²) in [6.45, 7) is 0.833. The van der Waals surface area contributed by atoms with Gasteiger partial charge in [-0.15, -0.1) is 0 Å². The molecule has 1 fully saturated rings. The molecule has 2 rings (SSSR count). The van der Waals surface area contributed by atoms with E-state index in [-0.39, 0.29) is 5.97 Å². The molecule has 1 aromatic carbocycles. The predicted molar refractivity (Wildman–Crippen MR) is 78.9 cm³/mol. The first-order valence-corrected chi connectivity index (χ1v) is 7.51. The van der Waals surface area contributed by atoms with Crippen molar-refractivity contribution in [1.82, 2.24) is 4.90 Å². The number of halogens is 1. The lowest BCUT2D eigenvalue weighted by atomic mass is 10.2. The molecular formula is C15H18BrNO2. The van der Waals surface area contributed by atoms with Crippen LogP contribution in [0.5, 0.6) is 0 Å². The highest BCUT2D eigenvalue weighted by Crippen LogP contribution is 2.30. The topological polar surface area (TPSA) is 29.5 Å². The summed E-state index contributed by atoms with van der Waals surface area (Å²) in [6, 6.07) is 10.8. The summed E-state index contributed by atoms with van der Waals surface area (Å²) in [5.41, 5.74) is 2.33. The summed E-state index contributed by atoms with van der Waals surface area (Å²) < 4.78 is 4.73. The molecule has 0 bridgehead atoms. The van der Waals surface area contributed by atoms with Crippen LogP contribution in [0.2, 0.25) is 0 Å². The Balaban J connectivity index is 2.16. The molecule has 1 aliphatic heterocycles. The van der Waals surface area contributed by atoms with Crippen LogP contribution < -0.4 is 0 Å². The molecule has 1 aromatic rings. The zero-order chi connectivity index (χ0) is 13.7. The fraction of sp³-hybridized carbons (Fsp3) is 0.400. The lowest BCUT2D eigenvalue weighted by Crippen LogP contribution is -2.29. The van der Waals surface area contributed by atoms with Gasteiger partial charge in [-0.2, -0.15) is 0 Å². The molecule has 0 aromatic heterocycles. The van der Waals surface area contributed by atoms with Crippen molar-refractivity contribution < 1.29 is 9.53 Å². The second kappa shape index (κ2) is 6.75. The van der Waals surface area contributed by atoms with Gasteiger partial charge in [0.25, 0.3) is 0 Å². The molecule has 0 saturated carbocycles. The number of rotatable bonds is 4. The van der Waals surface area contributed by atoms with Gasteiger partial charge in [0.15, 0.2) is 0 Å². The second-order valence-electron chi connectivity index (χ2n) is 4.62. The lowest BCUT2D eigenvalue weighted by molar-refractivity contribution is -0.135. The number of methoxy groups -OCH3 is 1. The maximum absolute atomic E-state index is 11.4. The molecule has 19 heavy (non-hydrogen) atoms. The van der Waals surface area contributed by atoms with Gasteiger partial charge in [-0.25, -0.2) is 4.79 Å². The summed E-state index contributed by atoms with van der Waals surface area (Å²) in [5.74, 6) is -0.275. The van der Waals surface area contributed by atoms with Crippen LogP contribution in [0.25, 0.3) is 0 Å². The van der Waals surface area contributed by atoms with Crippen molar-refractivity contribution in [3.8, 4) is 0 Å². The maximum Gasteiger partial charge on any atom is 0.332 e. The van der Waals surface area contributed by atoms with Crippen molar-refractivity contribution in [2.45, 2.75) is 25.4 Å². The normalized spacial score (nSPS) is 20.8. The van der Waals surface area contributed by atoms with E-state index in [1.807, 2.05) is 18.2 Å². The third kappa shape index (κ3) is 3.60. The fourth-order valence-corrected chi connectivity index (χ4v) is 3.04. The van der Waals surface area contributed by atoms with Gasteiger partial charge in [-0.1, -0.05) is 46.3 Å². The molecule has 0 amide bonds. The van der Waals surface area contributed by atoms with Crippen molar-refractivity contribution >= 4 is 21.9 Å². The van der Waals surface area contributed by atoms with Crippen LogP contribution >= 0.6 is 15.9 Å². The lowest BCUT2D eigenvalue weighted by Gasteiger charge is -2.26. The Morgan fingerprint density at radius 3 is 2.84 bits per heavy atom. The van der Waals surface area contributed by atoms with Crippen molar-refractivity contribution in [1.29, 1.82) is 0 Å². The Morgan fingerprint density at radius 2 is 2.21 bits per heavy atom. The van der Waals surface area contributed by atoms with E-state index in [4.69, 9.17) is 4.74 Å². The Morgan fingerprint density at radius 1 is 1.47 bits per heavy atom. The van der Waals surface area contributed by atoms with Gasteiger partial charge in [0.05, 0.1) is 7.11 Å².